The third-order valence-electron chi connectivity index (χ3n) is 3.27. The topological polar surface area (TPSA) is 59.3 Å². The second kappa shape index (κ2) is 4.86. The van der Waals surface area contributed by atoms with Gasteiger partial charge in [0.25, 0.3) is 5.91 Å². The van der Waals surface area contributed by atoms with E-state index in [4.69, 9.17) is 0 Å². The van der Waals surface area contributed by atoms with E-state index in [0.29, 0.717) is 10.9 Å². The molecule has 2 aromatic carbocycles. The summed E-state index contributed by atoms with van der Waals surface area (Å²) in [6.45, 7) is 0. The Balaban J connectivity index is 2.24. The lowest BCUT2D eigenvalue weighted by Gasteiger charge is -2.04. The number of benzene rings is 2. The van der Waals surface area contributed by atoms with Crippen LogP contribution in [0.25, 0.3) is 10.9 Å². The van der Waals surface area contributed by atoms with E-state index in [1.165, 1.54) is 24.4 Å². The van der Waals surface area contributed by atoms with Gasteiger partial charge in [-0.2, -0.15) is 0 Å². The summed E-state index contributed by atoms with van der Waals surface area (Å²) in [5, 5.41) is 9.64. The summed E-state index contributed by atoms with van der Waals surface area (Å²) in [6.07, 6.45) is 1.22. The summed E-state index contributed by atoms with van der Waals surface area (Å²) in [7, 11) is 0. The Bertz CT molecular complexity index is 867. The molecule has 0 saturated heterocycles. The van der Waals surface area contributed by atoms with Crippen LogP contribution in [-0.4, -0.2) is 21.6 Å². The average Bonchev–Trinajstić information content (AvgIpc) is 2.87. The minimum absolute atomic E-state index is 0.00953. The molecule has 0 aliphatic carbocycles. The second-order valence-electron chi connectivity index (χ2n) is 4.52. The van der Waals surface area contributed by atoms with Crippen molar-refractivity contribution in [2.24, 2.45) is 0 Å². The highest BCUT2D eigenvalue weighted by molar-refractivity contribution is 6.09. The van der Waals surface area contributed by atoms with Crippen LogP contribution >= 0.6 is 0 Å². The van der Waals surface area contributed by atoms with Gasteiger partial charge in [0.2, 0.25) is 0 Å². The predicted molar refractivity (Wildman–Crippen MR) is 75.0 cm³/mol. The van der Waals surface area contributed by atoms with E-state index in [-0.39, 0.29) is 11.1 Å². The number of nitrogens with zero attached hydrogens (tertiary/aromatic N) is 1. The molecule has 21 heavy (non-hydrogen) atoms. The molecule has 0 spiro atoms. The third-order valence-corrected chi connectivity index (χ3v) is 3.27. The summed E-state index contributed by atoms with van der Waals surface area (Å²) >= 11 is 0. The minimum Gasteiger partial charge on any atom is -0.478 e. The molecule has 1 heterocycles. The maximum atomic E-state index is 13.7. The Morgan fingerprint density at radius 3 is 2.33 bits per heavy atom. The van der Waals surface area contributed by atoms with E-state index in [2.05, 4.69) is 0 Å². The Labute approximate surface area is 119 Å². The van der Waals surface area contributed by atoms with Crippen LogP contribution in [0.5, 0.6) is 0 Å². The molecule has 3 rings (SSSR count). The molecule has 0 amide bonds. The molecular formula is C16H10FNO3. The second-order valence-corrected chi connectivity index (χ2v) is 4.52. The smallest absolute Gasteiger partial charge is 0.337 e. The Kier molecular flexibility index (Phi) is 3.02. The first kappa shape index (κ1) is 13.1. The van der Waals surface area contributed by atoms with Gasteiger partial charge in [0.05, 0.1) is 16.6 Å². The molecule has 0 bridgehead atoms. The van der Waals surface area contributed by atoms with E-state index in [0.717, 1.165) is 4.57 Å². The molecule has 1 aromatic heterocycles. The summed E-state index contributed by atoms with van der Waals surface area (Å²) in [5.74, 6) is -2.37. The number of carboxylic acid groups (broad SMARTS) is 1. The van der Waals surface area contributed by atoms with Gasteiger partial charge < -0.3 is 5.11 Å². The molecule has 104 valence electrons. The summed E-state index contributed by atoms with van der Waals surface area (Å²) in [5.41, 5.74) is 0.341. The number of rotatable bonds is 2. The van der Waals surface area contributed by atoms with Crippen molar-refractivity contribution in [2.75, 3.05) is 0 Å². The summed E-state index contributed by atoms with van der Waals surface area (Å²) in [4.78, 5) is 23.7. The van der Waals surface area contributed by atoms with Crippen LogP contribution in [0.3, 0.4) is 0 Å². The van der Waals surface area contributed by atoms with E-state index >= 15 is 0 Å². The molecule has 0 fully saturated rings. The van der Waals surface area contributed by atoms with E-state index in [1.54, 1.807) is 30.3 Å². The maximum absolute atomic E-state index is 13.7. The lowest BCUT2D eigenvalue weighted by molar-refractivity contribution is 0.0699. The zero-order chi connectivity index (χ0) is 15.0. The number of carboxylic acids is 1. The van der Waals surface area contributed by atoms with Gasteiger partial charge in [-0.15, -0.1) is 0 Å². The lowest BCUT2D eigenvalue weighted by atomic mass is 10.2. The standard InChI is InChI=1S/C16H10FNO3/c17-13-7-3-1-6-11(13)15(19)18-9-12(16(20)21)10-5-2-4-8-14(10)18/h1-9H,(H,20,21). The number of hydrogen-bond acceptors (Lipinski definition) is 2. The number of fused-ring (bicyclic) bond motifs is 1. The van der Waals surface area contributed by atoms with E-state index < -0.39 is 17.7 Å². The highest BCUT2D eigenvalue weighted by Crippen LogP contribution is 2.23. The van der Waals surface area contributed by atoms with Crippen molar-refractivity contribution in [1.82, 2.24) is 4.57 Å². The molecule has 0 aliphatic heterocycles. The van der Waals surface area contributed by atoms with Gasteiger partial charge in [-0.3, -0.25) is 9.36 Å². The zero-order valence-electron chi connectivity index (χ0n) is 10.8. The van der Waals surface area contributed by atoms with Crippen LogP contribution in [-0.2, 0) is 0 Å². The fraction of sp³-hybridized carbons (Fsp3) is 0. The zero-order valence-corrected chi connectivity index (χ0v) is 10.8. The van der Waals surface area contributed by atoms with Gasteiger partial charge in [-0.05, 0) is 18.2 Å². The molecule has 5 heteroatoms. The predicted octanol–water partition coefficient (Wildman–Crippen LogP) is 3.17. The molecule has 1 N–H and O–H groups in total. The van der Waals surface area contributed by atoms with Crippen molar-refractivity contribution in [3.63, 3.8) is 0 Å². The molecule has 0 radical (unpaired) electrons. The number of aromatic nitrogens is 1. The van der Waals surface area contributed by atoms with Crippen molar-refractivity contribution >= 4 is 22.8 Å². The van der Waals surface area contributed by atoms with Gasteiger partial charge in [0, 0.05) is 11.6 Å². The van der Waals surface area contributed by atoms with Crippen LogP contribution in [0.4, 0.5) is 4.39 Å². The Hall–Kier alpha value is -2.95. The van der Waals surface area contributed by atoms with Gasteiger partial charge in [0.1, 0.15) is 5.82 Å². The first-order chi connectivity index (χ1) is 10.1. The number of para-hydroxylation sites is 1. The molecule has 0 saturated carbocycles. The van der Waals surface area contributed by atoms with Crippen molar-refractivity contribution in [3.05, 3.63) is 71.7 Å². The minimum atomic E-state index is -1.13. The number of aromatic carboxylic acids is 1. The van der Waals surface area contributed by atoms with Gasteiger partial charge >= 0.3 is 5.97 Å². The highest BCUT2D eigenvalue weighted by Gasteiger charge is 2.20. The number of halogens is 1. The fourth-order valence-corrected chi connectivity index (χ4v) is 2.28. The largest absolute Gasteiger partial charge is 0.478 e. The van der Waals surface area contributed by atoms with Crippen LogP contribution < -0.4 is 0 Å². The fourth-order valence-electron chi connectivity index (χ4n) is 2.28. The van der Waals surface area contributed by atoms with Crippen LogP contribution in [0, 0.1) is 5.82 Å². The first-order valence-electron chi connectivity index (χ1n) is 6.22. The molecular weight excluding hydrogens is 273 g/mol. The van der Waals surface area contributed by atoms with Crippen molar-refractivity contribution < 1.29 is 19.1 Å². The molecule has 3 aromatic rings. The Morgan fingerprint density at radius 1 is 0.952 bits per heavy atom. The number of carbonyl (C=O) groups excluding carboxylic acids is 1. The van der Waals surface area contributed by atoms with E-state index in [1.807, 2.05) is 0 Å². The quantitative estimate of drug-likeness (QED) is 0.785. The maximum Gasteiger partial charge on any atom is 0.337 e. The van der Waals surface area contributed by atoms with Gasteiger partial charge in [-0.1, -0.05) is 30.3 Å². The normalized spacial score (nSPS) is 10.7. The monoisotopic (exact) mass is 283 g/mol. The molecule has 0 unspecified atom stereocenters. The van der Waals surface area contributed by atoms with Gasteiger partial charge in [0.15, 0.2) is 0 Å². The molecule has 0 atom stereocenters. The average molecular weight is 283 g/mol. The van der Waals surface area contributed by atoms with Crippen molar-refractivity contribution in [1.29, 1.82) is 0 Å². The van der Waals surface area contributed by atoms with Crippen LogP contribution in [0.1, 0.15) is 20.7 Å². The Morgan fingerprint density at radius 2 is 1.62 bits per heavy atom. The first-order valence-corrected chi connectivity index (χ1v) is 6.22. The summed E-state index contributed by atoms with van der Waals surface area (Å²) < 4.78 is 14.9. The summed E-state index contributed by atoms with van der Waals surface area (Å²) in [6, 6.07) is 12.2. The molecule has 0 aliphatic rings. The molecule has 4 nitrogen and oxygen atoms in total. The van der Waals surface area contributed by atoms with Crippen LogP contribution in [0.2, 0.25) is 0 Å². The SMILES string of the molecule is O=C(O)c1cn(C(=O)c2ccccc2F)c2ccccc12. The van der Waals surface area contributed by atoms with E-state index in [9.17, 15) is 19.1 Å². The van der Waals surface area contributed by atoms with Crippen molar-refractivity contribution in [3.8, 4) is 0 Å². The third kappa shape index (κ3) is 2.08. The van der Waals surface area contributed by atoms with Gasteiger partial charge in [-0.25, -0.2) is 9.18 Å². The van der Waals surface area contributed by atoms with Crippen LogP contribution in [0.15, 0.2) is 54.7 Å². The number of hydrogen-bond donors (Lipinski definition) is 1. The van der Waals surface area contributed by atoms with Crippen molar-refractivity contribution in [2.45, 2.75) is 0 Å². The highest BCUT2D eigenvalue weighted by atomic mass is 19.1. The number of carbonyl (C=O) groups is 2. The lowest BCUT2D eigenvalue weighted by Crippen LogP contribution is -2.12.